The zero-order valence-electron chi connectivity index (χ0n) is 25.5. The Kier molecular flexibility index (Phi) is 14.7. The van der Waals surface area contributed by atoms with E-state index in [1.807, 2.05) is 0 Å². The van der Waals surface area contributed by atoms with Crippen molar-refractivity contribution in [3.05, 3.63) is 132 Å². The maximum atomic E-state index is 2.34. The van der Waals surface area contributed by atoms with E-state index in [1.54, 1.807) is 0 Å². The van der Waals surface area contributed by atoms with Crippen molar-refractivity contribution in [2.45, 2.75) is 52.6 Å². The van der Waals surface area contributed by atoms with Crippen LogP contribution in [0, 0.1) is 0 Å². The predicted molar refractivity (Wildman–Crippen MR) is 190 cm³/mol. The SMILES string of the molecule is CC(C)c1cc2c(-c3ccccc3)cccc2[cH-]1.CC(C)c1cc2c(-c3ccccc3)cccc2[cH-]1.C[Si](C)=[Hf+2].Cl.Cl. The summed E-state index contributed by atoms with van der Waals surface area (Å²) in [5.74, 6) is 1.17. The van der Waals surface area contributed by atoms with E-state index < -0.39 is 0 Å². The Morgan fingerprint density at radius 3 is 1.17 bits per heavy atom. The van der Waals surface area contributed by atoms with Crippen LogP contribution in [0.25, 0.3) is 43.8 Å². The molecule has 0 unspecified atom stereocenters. The van der Waals surface area contributed by atoms with Gasteiger partial charge in [0.1, 0.15) is 0 Å². The molecule has 0 saturated heterocycles. The first-order valence-electron chi connectivity index (χ1n) is 14.3. The largest absolute Gasteiger partial charge is 0.147 e. The van der Waals surface area contributed by atoms with Crippen molar-refractivity contribution in [3.63, 3.8) is 0 Å². The molecule has 0 heterocycles. The topological polar surface area (TPSA) is 0 Å². The van der Waals surface area contributed by atoms with Crippen LogP contribution in [0.5, 0.6) is 0 Å². The molecule has 0 amide bonds. The molecule has 4 heteroatoms. The summed E-state index contributed by atoms with van der Waals surface area (Å²) in [5, 5.41) is 5.43. The molecule has 6 rings (SSSR count). The monoisotopic (exact) mass is 776 g/mol. The number of hydrogen-bond acceptors (Lipinski definition) is 0. The van der Waals surface area contributed by atoms with Crippen LogP contribution in [-0.4, -0.2) is 5.49 Å². The van der Waals surface area contributed by atoms with Crippen LogP contribution in [0.2, 0.25) is 13.1 Å². The van der Waals surface area contributed by atoms with E-state index in [9.17, 15) is 0 Å². The van der Waals surface area contributed by atoms with Gasteiger partial charge in [-0.2, -0.15) is 12.1 Å². The van der Waals surface area contributed by atoms with Crippen molar-refractivity contribution in [2.24, 2.45) is 0 Å². The first-order chi connectivity index (χ1) is 19.2. The molecule has 6 aromatic carbocycles. The Bertz CT molecular complexity index is 1550. The van der Waals surface area contributed by atoms with Crippen molar-refractivity contribution in [2.75, 3.05) is 0 Å². The number of rotatable bonds is 4. The molecule has 0 bridgehead atoms. The van der Waals surface area contributed by atoms with Crippen molar-refractivity contribution in [1.82, 2.24) is 0 Å². The van der Waals surface area contributed by atoms with Crippen LogP contribution in [0.1, 0.15) is 50.7 Å². The zero-order valence-corrected chi connectivity index (χ0v) is 31.7. The van der Waals surface area contributed by atoms with E-state index in [0.29, 0.717) is 11.8 Å². The zero-order chi connectivity index (χ0) is 28.6. The van der Waals surface area contributed by atoms with E-state index in [1.165, 1.54) is 77.9 Å². The molecule has 216 valence electrons. The third-order valence-corrected chi connectivity index (χ3v) is 7.05. The molecule has 0 aromatic heterocycles. The fourth-order valence-electron chi connectivity index (χ4n) is 4.92. The minimum atomic E-state index is 0. The minimum Gasteiger partial charge on any atom is -0.147 e. The summed E-state index contributed by atoms with van der Waals surface area (Å²) in [4.78, 5) is 0. The standard InChI is InChI=1S/2C18H17.C2H6Si.2ClH.Hf/c2*1-13(2)16-11-15-9-6-10-17(18(15)12-16)14-7-4-3-5-8-14;1-3-2;;;/h2*3-13H,1-2H3;1-2H3;2*1H;/q2*-1;;;;+2. The van der Waals surface area contributed by atoms with Crippen LogP contribution >= 0.6 is 24.8 Å². The first kappa shape index (κ1) is 36.0. The maximum Gasteiger partial charge on any atom is -0.147 e. The number of benzene rings is 4. The first-order valence-corrected chi connectivity index (χ1v) is 22.1. The van der Waals surface area contributed by atoms with Crippen LogP contribution in [0.4, 0.5) is 0 Å². The average molecular weight is 776 g/mol. The Morgan fingerprint density at radius 1 is 0.524 bits per heavy atom. The van der Waals surface area contributed by atoms with Gasteiger partial charge >= 0.3 is 41.6 Å². The second-order valence-electron chi connectivity index (χ2n) is 11.2. The second-order valence-corrected chi connectivity index (χ2v) is 24.0. The number of fused-ring (bicyclic) bond motifs is 2. The smallest absolute Gasteiger partial charge is 0.147 e. The summed E-state index contributed by atoms with van der Waals surface area (Å²) in [6.07, 6.45) is 0. The van der Waals surface area contributed by atoms with Crippen molar-refractivity contribution >= 4 is 51.9 Å². The number of halogens is 2. The quantitative estimate of drug-likeness (QED) is 0.124. The van der Waals surface area contributed by atoms with Crippen LogP contribution < -0.4 is 0 Å². The Morgan fingerprint density at radius 2 is 0.857 bits per heavy atom. The molecule has 0 atom stereocenters. The summed E-state index contributed by atoms with van der Waals surface area (Å²) in [7, 11) is 0. The van der Waals surface area contributed by atoms with Gasteiger partial charge in [0.2, 0.25) is 0 Å². The minimum absolute atomic E-state index is 0. The average Bonchev–Trinajstić information content (AvgIpc) is 3.59. The Balaban J connectivity index is 0.000000250. The molecule has 0 fully saturated rings. The molecule has 0 aliphatic heterocycles. The molecule has 6 aromatic rings. The van der Waals surface area contributed by atoms with Gasteiger partial charge in [-0.3, -0.25) is 0 Å². The maximum absolute atomic E-state index is 2.34. The molecule has 0 aliphatic rings. The van der Waals surface area contributed by atoms with Gasteiger partial charge in [0.05, 0.1) is 0 Å². The summed E-state index contributed by atoms with van der Waals surface area (Å²) >= 11 is 1.45. The molecular formula is C38H42Cl2HfSi. The summed E-state index contributed by atoms with van der Waals surface area (Å²) in [6.45, 7) is 13.6. The Labute approximate surface area is 280 Å². The van der Waals surface area contributed by atoms with Crippen LogP contribution in [0.15, 0.2) is 121 Å². The molecular weight excluding hydrogens is 734 g/mol. The molecule has 42 heavy (non-hydrogen) atoms. The van der Waals surface area contributed by atoms with Gasteiger partial charge in [-0.25, -0.2) is 0 Å². The summed E-state index contributed by atoms with van der Waals surface area (Å²) < 4.78 is 0. The van der Waals surface area contributed by atoms with Gasteiger partial charge in [-0.05, 0) is 23.0 Å². The van der Waals surface area contributed by atoms with Gasteiger partial charge in [0, 0.05) is 0 Å². The van der Waals surface area contributed by atoms with Crippen LogP contribution in [-0.2, 0) is 23.0 Å². The van der Waals surface area contributed by atoms with E-state index in [0.717, 1.165) is 0 Å². The predicted octanol–water partition coefficient (Wildman–Crippen LogP) is 12.3. The third kappa shape index (κ3) is 9.38. The van der Waals surface area contributed by atoms with Gasteiger partial charge in [0.15, 0.2) is 0 Å². The van der Waals surface area contributed by atoms with Crippen molar-refractivity contribution in [3.8, 4) is 22.3 Å². The fourth-order valence-corrected chi connectivity index (χ4v) is 4.92. The summed E-state index contributed by atoms with van der Waals surface area (Å²) in [6, 6.07) is 43.6. The van der Waals surface area contributed by atoms with Crippen molar-refractivity contribution in [1.29, 1.82) is 0 Å². The Hall–Kier alpha value is -2.23. The molecule has 0 saturated carbocycles. The van der Waals surface area contributed by atoms with Gasteiger partial charge in [0.25, 0.3) is 0 Å². The van der Waals surface area contributed by atoms with E-state index in [4.69, 9.17) is 0 Å². The summed E-state index contributed by atoms with van der Waals surface area (Å²) in [5.41, 5.74) is 8.37. The van der Waals surface area contributed by atoms with E-state index >= 15 is 0 Å². The van der Waals surface area contributed by atoms with Gasteiger partial charge < -0.3 is 0 Å². The number of hydrogen-bond donors (Lipinski definition) is 0. The molecule has 0 nitrogen and oxygen atoms in total. The molecule has 0 spiro atoms. The van der Waals surface area contributed by atoms with Gasteiger partial charge in [-0.1, -0.05) is 112 Å². The third-order valence-electron chi connectivity index (χ3n) is 7.05. The van der Waals surface area contributed by atoms with E-state index in [-0.39, 0.29) is 30.3 Å². The van der Waals surface area contributed by atoms with Gasteiger partial charge in [-0.15, -0.1) is 93.9 Å². The van der Waals surface area contributed by atoms with Crippen molar-refractivity contribution < 1.29 is 23.0 Å². The normalized spacial score (nSPS) is 10.3. The molecule has 0 N–H and O–H groups in total. The molecule has 0 aliphatic carbocycles. The second kappa shape index (κ2) is 17.2. The fraction of sp³-hybridized carbons (Fsp3) is 0.211. The van der Waals surface area contributed by atoms with E-state index in [2.05, 4.69) is 162 Å². The van der Waals surface area contributed by atoms with Crippen LogP contribution in [0.3, 0.4) is 0 Å². The molecule has 0 radical (unpaired) electrons.